The Hall–Kier alpha value is -3.93. The number of aromatic nitrogens is 4. The Morgan fingerprint density at radius 2 is 1.85 bits per heavy atom. The summed E-state index contributed by atoms with van der Waals surface area (Å²) < 4.78 is 11.6. The van der Waals surface area contributed by atoms with E-state index < -0.39 is 30.3 Å². The van der Waals surface area contributed by atoms with Gasteiger partial charge in [-0.2, -0.15) is 0 Å². The molecule has 0 saturated carbocycles. The molecule has 0 radical (unpaired) electrons. The molecule has 0 bridgehead atoms. The lowest BCUT2D eigenvalue weighted by molar-refractivity contribution is -0.139. The van der Waals surface area contributed by atoms with Crippen LogP contribution in [0.5, 0.6) is 5.75 Å². The predicted octanol–water partition coefficient (Wildman–Crippen LogP) is 2.17. The Morgan fingerprint density at radius 1 is 1.12 bits per heavy atom. The summed E-state index contributed by atoms with van der Waals surface area (Å²) in [6.45, 7) is -0.366. The predicted molar refractivity (Wildman–Crippen MR) is 116 cm³/mol. The lowest BCUT2D eigenvalue weighted by atomic mass is 10.1. The molecular formula is C21H21N5O6S. The summed E-state index contributed by atoms with van der Waals surface area (Å²) in [7, 11) is 1.53. The second kappa shape index (κ2) is 11.6. The van der Waals surface area contributed by atoms with E-state index in [1.165, 1.54) is 23.6 Å². The molecule has 1 heterocycles. The van der Waals surface area contributed by atoms with E-state index in [1.807, 2.05) is 24.3 Å². The maximum atomic E-state index is 12.8. The van der Waals surface area contributed by atoms with Gasteiger partial charge in [-0.25, -0.2) is 9.48 Å². The molecule has 1 amide bonds. The monoisotopic (exact) mass is 471 g/mol. The molecule has 0 spiro atoms. The van der Waals surface area contributed by atoms with E-state index in [9.17, 15) is 19.5 Å². The number of carboxylic acid groups (broad SMARTS) is 1. The molecule has 3 rings (SSSR count). The molecule has 1 unspecified atom stereocenters. The van der Waals surface area contributed by atoms with Crippen LogP contribution in [-0.2, 0) is 27.5 Å². The van der Waals surface area contributed by atoms with Gasteiger partial charge in [0.25, 0.3) is 0 Å². The number of alkyl carbamates (subject to hydrolysis) is 1. The van der Waals surface area contributed by atoms with Crippen LogP contribution in [0.1, 0.15) is 12.0 Å². The second-order valence-corrected chi connectivity index (χ2v) is 7.70. The van der Waals surface area contributed by atoms with Crippen molar-refractivity contribution in [2.75, 3.05) is 7.11 Å². The van der Waals surface area contributed by atoms with Gasteiger partial charge in [0.1, 0.15) is 24.9 Å². The van der Waals surface area contributed by atoms with Crippen LogP contribution in [0, 0.1) is 0 Å². The summed E-state index contributed by atoms with van der Waals surface area (Å²) in [5, 5.41) is 23.1. The number of carbonyl (C=O) groups excluding carboxylic acids is 2. The molecule has 1 aromatic heterocycles. The number of para-hydroxylation sites is 1. The van der Waals surface area contributed by atoms with Gasteiger partial charge in [-0.1, -0.05) is 42.5 Å². The van der Waals surface area contributed by atoms with E-state index in [0.29, 0.717) is 10.9 Å². The number of amides is 1. The van der Waals surface area contributed by atoms with Crippen LogP contribution < -0.4 is 10.1 Å². The van der Waals surface area contributed by atoms with Crippen LogP contribution in [0.3, 0.4) is 0 Å². The zero-order chi connectivity index (χ0) is 23.6. The average molecular weight is 471 g/mol. The van der Waals surface area contributed by atoms with Gasteiger partial charge in [-0.05, 0) is 39.9 Å². The largest absolute Gasteiger partial charge is 0.496 e. The lowest BCUT2D eigenvalue weighted by Gasteiger charge is -2.16. The first-order valence-corrected chi connectivity index (χ1v) is 10.6. The lowest BCUT2D eigenvalue weighted by Crippen LogP contribution is -2.44. The van der Waals surface area contributed by atoms with Crippen LogP contribution >= 0.6 is 11.8 Å². The van der Waals surface area contributed by atoms with Gasteiger partial charge in [0.05, 0.1) is 18.4 Å². The maximum absolute atomic E-state index is 12.8. The van der Waals surface area contributed by atoms with Crippen molar-refractivity contribution in [2.24, 2.45) is 0 Å². The molecule has 2 N–H and O–H groups in total. The van der Waals surface area contributed by atoms with Gasteiger partial charge < -0.3 is 19.9 Å². The van der Waals surface area contributed by atoms with Crippen molar-refractivity contribution in [3.05, 3.63) is 60.2 Å². The number of ketones is 1. The van der Waals surface area contributed by atoms with Crippen LogP contribution in [-0.4, -0.2) is 56.3 Å². The Morgan fingerprint density at radius 3 is 2.58 bits per heavy atom. The summed E-state index contributed by atoms with van der Waals surface area (Å²) >= 11 is 1.18. The maximum Gasteiger partial charge on any atom is 0.408 e. The molecule has 0 saturated heterocycles. The number of ether oxygens (including phenoxy) is 2. The van der Waals surface area contributed by atoms with Crippen LogP contribution in [0.2, 0.25) is 0 Å². The van der Waals surface area contributed by atoms with E-state index in [0.717, 1.165) is 10.5 Å². The van der Waals surface area contributed by atoms with Crippen molar-refractivity contribution < 1.29 is 29.0 Å². The average Bonchev–Trinajstić information content (AvgIpc) is 3.24. The number of nitrogens with zero attached hydrogens (tertiary/aromatic N) is 4. The van der Waals surface area contributed by atoms with Gasteiger partial charge >= 0.3 is 12.1 Å². The number of Topliss-reactive ketones (excluding diaryl/α,β-unsaturated/α-hetero) is 1. The fourth-order valence-electron chi connectivity index (χ4n) is 2.76. The van der Waals surface area contributed by atoms with Crippen molar-refractivity contribution in [1.82, 2.24) is 25.5 Å². The van der Waals surface area contributed by atoms with Gasteiger partial charge in [-0.15, -0.1) is 5.10 Å². The van der Waals surface area contributed by atoms with Crippen LogP contribution in [0.15, 0.2) is 64.6 Å². The third kappa shape index (κ3) is 7.04. The number of benzene rings is 2. The second-order valence-electron chi connectivity index (χ2n) is 6.69. The van der Waals surface area contributed by atoms with Crippen molar-refractivity contribution in [3.8, 4) is 5.75 Å². The first-order valence-electron chi connectivity index (χ1n) is 9.75. The molecule has 0 fully saturated rings. The number of tetrazole rings is 1. The first kappa shape index (κ1) is 23.7. The number of nitrogens with one attached hydrogen (secondary N) is 1. The number of hydrogen-bond donors (Lipinski definition) is 2. The fraction of sp³-hybridized carbons (Fsp3) is 0.238. The summed E-state index contributed by atoms with van der Waals surface area (Å²) in [5.41, 5.74) is 0.750. The molecule has 1 atom stereocenters. The molecular weight excluding hydrogens is 450 g/mol. The topological polar surface area (TPSA) is 146 Å². The Bertz CT molecular complexity index is 1110. The Kier molecular flexibility index (Phi) is 8.36. The van der Waals surface area contributed by atoms with E-state index in [4.69, 9.17) is 9.47 Å². The quantitative estimate of drug-likeness (QED) is 0.427. The molecule has 3 aromatic rings. The highest BCUT2D eigenvalue weighted by Gasteiger charge is 2.26. The van der Waals surface area contributed by atoms with Crippen LogP contribution in [0.25, 0.3) is 0 Å². The zero-order valence-electron chi connectivity index (χ0n) is 17.6. The van der Waals surface area contributed by atoms with Crippen molar-refractivity contribution in [3.63, 3.8) is 0 Å². The molecule has 0 aliphatic heterocycles. The number of rotatable bonds is 11. The van der Waals surface area contributed by atoms with Gasteiger partial charge in [0, 0.05) is 0 Å². The molecule has 0 aliphatic carbocycles. The smallest absolute Gasteiger partial charge is 0.408 e. The third-order valence-corrected chi connectivity index (χ3v) is 5.38. The van der Waals surface area contributed by atoms with Gasteiger partial charge in [-0.3, -0.25) is 9.59 Å². The summed E-state index contributed by atoms with van der Waals surface area (Å²) in [4.78, 5) is 36.9. The van der Waals surface area contributed by atoms with Crippen LogP contribution in [0.4, 0.5) is 4.79 Å². The molecule has 0 aliphatic rings. The van der Waals surface area contributed by atoms with E-state index in [2.05, 4.69) is 20.8 Å². The molecule has 2 aromatic carbocycles. The summed E-state index contributed by atoms with van der Waals surface area (Å²) in [5.74, 6) is -1.24. The first-order chi connectivity index (χ1) is 16.0. The number of carboxylic acids is 1. The zero-order valence-corrected chi connectivity index (χ0v) is 18.4. The summed E-state index contributed by atoms with van der Waals surface area (Å²) in [6, 6.07) is 14.8. The van der Waals surface area contributed by atoms with E-state index in [1.54, 1.807) is 30.3 Å². The minimum atomic E-state index is -1.32. The minimum Gasteiger partial charge on any atom is -0.496 e. The highest BCUT2D eigenvalue weighted by molar-refractivity contribution is 7.99. The normalized spacial score (nSPS) is 11.4. The number of hydrogen-bond acceptors (Lipinski definition) is 9. The van der Waals surface area contributed by atoms with Crippen molar-refractivity contribution >= 4 is 29.6 Å². The van der Waals surface area contributed by atoms with E-state index >= 15 is 0 Å². The highest BCUT2D eigenvalue weighted by Crippen LogP contribution is 2.33. The number of carbonyl (C=O) groups is 3. The Balaban J connectivity index is 1.65. The minimum absolute atomic E-state index is 0.0205. The van der Waals surface area contributed by atoms with Gasteiger partial charge in [0.15, 0.2) is 5.78 Å². The van der Waals surface area contributed by atoms with E-state index in [-0.39, 0.29) is 13.2 Å². The van der Waals surface area contributed by atoms with Gasteiger partial charge in [0.2, 0.25) is 5.16 Å². The molecule has 172 valence electrons. The van der Waals surface area contributed by atoms with Crippen molar-refractivity contribution in [1.29, 1.82) is 0 Å². The molecule has 11 nitrogen and oxygen atoms in total. The number of methoxy groups -OCH3 is 1. The Labute approximate surface area is 193 Å². The molecule has 12 heteroatoms. The van der Waals surface area contributed by atoms with Crippen molar-refractivity contribution in [2.45, 2.75) is 35.7 Å². The SMILES string of the molecule is COc1ccccc1Sc1nnnn1CC(=O)C(CC(=O)O)NC(=O)OCc1ccccc1. The highest BCUT2D eigenvalue weighted by atomic mass is 32.2. The standard InChI is InChI=1S/C21H21N5O6S/c1-31-17-9-5-6-10-18(17)33-20-23-24-25-26(20)12-16(27)15(11-19(28)29)22-21(30)32-13-14-7-3-2-4-8-14/h2-10,15H,11-13H2,1H3,(H,22,30)(H,28,29). The molecule has 33 heavy (non-hydrogen) atoms. The number of aliphatic carboxylic acids is 1. The summed E-state index contributed by atoms with van der Waals surface area (Å²) in [6.07, 6.45) is -1.52. The fourth-order valence-corrected chi connectivity index (χ4v) is 3.63. The third-order valence-electron chi connectivity index (χ3n) is 4.35.